The Morgan fingerprint density at radius 1 is 1.13 bits per heavy atom. The number of aliphatic hydroxyl groups excluding tert-OH is 1. The third-order valence-electron chi connectivity index (χ3n) is 1.76. The van der Waals surface area contributed by atoms with Gasteiger partial charge in [0.15, 0.2) is 0 Å². The van der Waals surface area contributed by atoms with Gasteiger partial charge in [0.05, 0.1) is 25.9 Å². The maximum absolute atomic E-state index is 9.28. The Morgan fingerprint density at radius 2 is 1.87 bits per heavy atom. The molecule has 0 saturated carbocycles. The minimum atomic E-state index is -0.441. The molecule has 5 heteroatoms. The van der Waals surface area contributed by atoms with Crippen LogP contribution in [0.1, 0.15) is 6.42 Å². The predicted molar refractivity (Wildman–Crippen MR) is 58.1 cm³/mol. The van der Waals surface area contributed by atoms with Gasteiger partial charge < -0.3 is 24.6 Å². The van der Waals surface area contributed by atoms with Crippen LogP contribution < -0.4 is 5.32 Å². The summed E-state index contributed by atoms with van der Waals surface area (Å²) in [6, 6.07) is 0. The van der Waals surface area contributed by atoms with Gasteiger partial charge in [0.1, 0.15) is 0 Å². The van der Waals surface area contributed by atoms with Crippen LogP contribution in [0.5, 0.6) is 0 Å². The quantitative estimate of drug-likeness (QED) is 0.466. The van der Waals surface area contributed by atoms with Gasteiger partial charge in [-0.3, -0.25) is 0 Å². The lowest BCUT2D eigenvalue weighted by Crippen LogP contribution is -2.28. The molecule has 0 aliphatic rings. The molecule has 0 bridgehead atoms. The van der Waals surface area contributed by atoms with Crippen molar-refractivity contribution in [3.05, 3.63) is 0 Å². The van der Waals surface area contributed by atoms with Gasteiger partial charge in [-0.05, 0) is 13.5 Å². The second kappa shape index (κ2) is 11.9. The van der Waals surface area contributed by atoms with Crippen LogP contribution >= 0.6 is 0 Å². The van der Waals surface area contributed by atoms with Gasteiger partial charge in [-0.25, -0.2) is 0 Å². The van der Waals surface area contributed by atoms with Gasteiger partial charge in [0.25, 0.3) is 0 Å². The van der Waals surface area contributed by atoms with Crippen molar-refractivity contribution in [1.82, 2.24) is 5.32 Å². The van der Waals surface area contributed by atoms with E-state index in [1.165, 1.54) is 0 Å². The minimum absolute atomic E-state index is 0.349. The first-order valence-electron chi connectivity index (χ1n) is 5.28. The Bertz CT molecular complexity index is 124. The van der Waals surface area contributed by atoms with Crippen LogP contribution in [-0.2, 0) is 14.2 Å². The van der Waals surface area contributed by atoms with Crippen molar-refractivity contribution < 1.29 is 19.3 Å². The van der Waals surface area contributed by atoms with Crippen molar-refractivity contribution in [2.45, 2.75) is 12.5 Å². The van der Waals surface area contributed by atoms with E-state index in [2.05, 4.69) is 5.32 Å². The molecular weight excluding hydrogens is 198 g/mol. The zero-order chi connectivity index (χ0) is 11.4. The van der Waals surface area contributed by atoms with E-state index in [0.717, 1.165) is 13.0 Å². The third-order valence-corrected chi connectivity index (χ3v) is 1.76. The first-order valence-corrected chi connectivity index (χ1v) is 5.28. The Morgan fingerprint density at radius 3 is 2.53 bits per heavy atom. The number of ether oxygens (including phenoxy) is 3. The van der Waals surface area contributed by atoms with E-state index in [-0.39, 0.29) is 0 Å². The monoisotopic (exact) mass is 221 g/mol. The number of aliphatic hydroxyl groups is 1. The number of hydrogen-bond donors (Lipinski definition) is 2. The Labute approximate surface area is 91.7 Å². The summed E-state index contributed by atoms with van der Waals surface area (Å²) in [6.45, 7) is 3.40. The first kappa shape index (κ1) is 14.8. The molecule has 0 aliphatic heterocycles. The Balaban J connectivity index is 2.98. The zero-order valence-electron chi connectivity index (χ0n) is 9.70. The Hall–Kier alpha value is -0.200. The fourth-order valence-electron chi connectivity index (χ4n) is 1.04. The molecule has 1 unspecified atom stereocenters. The van der Waals surface area contributed by atoms with Crippen LogP contribution in [0.25, 0.3) is 0 Å². The molecule has 0 aromatic rings. The molecule has 0 radical (unpaired) electrons. The highest BCUT2D eigenvalue weighted by molar-refractivity contribution is 4.54. The van der Waals surface area contributed by atoms with E-state index >= 15 is 0 Å². The molecule has 0 rings (SSSR count). The average Bonchev–Trinajstić information content (AvgIpc) is 2.22. The van der Waals surface area contributed by atoms with Crippen LogP contribution in [0.4, 0.5) is 0 Å². The summed E-state index contributed by atoms with van der Waals surface area (Å²) < 4.78 is 15.4. The van der Waals surface area contributed by atoms with Gasteiger partial charge in [0, 0.05) is 26.9 Å². The molecule has 1 atom stereocenters. The van der Waals surface area contributed by atoms with Crippen LogP contribution in [0.15, 0.2) is 0 Å². The standard InChI is InChI=1S/C10H23NO4/c1-11-8-10(12)9-15-7-6-14-5-3-4-13-2/h10-12H,3-9H2,1-2H3. The van der Waals surface area contributed by atoms with Crippen molar-refractivity contribution in [3.8, 4) is 0 Å². The highest BCUT2D eigenvalue weighted by atomic mass is 16.5. The molecule has 0 aromatic carbocycles. The molecule has 0 saturated heterocycles. The van der Waals surface area contributed by atoms with Crippen LogP contribution in [-0.4, -0.2) is 64.9 Å². The van der Waals surface area contributed by atoms with Gasteiger partial charge in [0.2, 0.25) is 0 Å². The van der Waals surface area contributed by atoms with Crippen molar-refractivity contribution in [2.75, 3.05) is 53.7 Å². The molecule has 0 heterocycles. The molecular formula is C10H23NO4. The molecule has 15 heavy (non-hydrogen) atoms. The van der Waals surface area contributed by atoms with Gasteiger partial charge >= 0.3 is 0 Å². The minimum Gasteiger partial charge on any atom is -0.389 e. The van der Waals surface area contributed by atoms with Gasteiger partial charge in [-0.2, -0.15) is 0 Å². The summed E-state index contributed by atoms with van der Waals surface area (Å²) >= 11 is 0. The van der Waals surface area contributed by atoms with Crippen LogP contribution in [0.3, 0.4) is 0 Å². The number of methoxy groups -OCH3 is 1. The molecule has 0 spiro atoms. The molecule has 0 amide bonds. The average molecular weight is 221 g/mol. The van der Waals surface area contributed by atoms with E-state index in [9.17, 15) is 5.11 Å². The molecule has 0 aliphatic carbocycles. The van der Waals surface area contributed by atoms with Crippen LogP contribution in [0.2, 0.25) is 0 Å². The maximum atomic E-state index is 9.28. The third kappa shape index (κ3) is 11.7. The fourth-order valence-corrected chi connectivity index (χ4v) is 1.04. The van der Waals surface area contributed by atoms with Crippen molar-refractivity contribution in [2.24, 2.45) is 0 Å². The summed E-state index contributed by atoms with van der Waals surface area (Å²) in [6.07, 6.45) is 0.460. The lowest BCUT2D eigenvalue weighted by atomic mass is 10.4. The number of nitrogens with one attached hydrogen (secondary N) is 1. The number of hydrogen-bond acceptors (Lipinski definition) is 5. The van der Waals surface area contributed by atoms with E-state index in [4.69, 9.17) is 14.2 Å². The summed E-state index contributed by atoms with van der Waals surface area (Å²) in [4.78, 5) is 0. The fraction of sp³-hybridized carbons (Fsp3) is 1.00. The molecule has 0 aromatic heterocycles. The summed E-state index contributed by atoms with van der Waals surface area (Å²) in [5.41, 5.74) is 0. The van der Waals surface area contributed by atoms with Crippen molar-refractivity contribution in [3.63, 3.8) is 0 Å². The maximum Gasteiger partial charge on any atom is 0.0897 e. The molecule has 5 nitrogen and oxygen atoms in total. The topological polar surface area (TPSA) is 60.0 Å². The predicted octanol–water partition coefficient (Wildman–Crippen LogP) is -0.364. The largest absolute Gasteiger partial charge is 0.389 e. The lowest BCUT2D eigenvalue weighted by Gasteiger charge is -2.10. The molecule has 0 fully saturated rings. The summed E-state index contributed by atoms with van der Waals surface area (Å²) in [5, 5.41) is 12.1. The summed E-state index contributed by atoms with van der Waals surface area (Å²) in [7, 11) is 3.47. The summed E-state index contributed by atoms with van der Waals surface area (Å²) in [5.74, 6) is 0. The highest BCUT2D eigenvalue weighted by Crippen LogP contribution is 1.86. The highest BCUT2D eigenvalue weighted by Gasteiger charge is 2.01. The normalized spacial score (nSPS) is 13.0. The van der Waals surface area contributed by atoms with Gasteiger partial charge in [-0.15, -0.1) is 0 Å². The lowest BCUT2D eigenvalue weighted by molar-refractivity contribution is 0.00213. The second-order valence-corrected chi connectivity index (χ2v) is 3.25. The molecule has 2 N–H and O–H groups in total. The first-order chi connectivity index (χ1) is 7.31. The van der Waals surface area contributed by atoms with Crippen LogP contribution in [0, 0.1) is 0 Å². The second-order valence-electron chi connectivity index (χ2n) is 3.25. The van der Waals surface area contributed by atoms with Crippen molar-refractivity contribution >= 4 is 0 Å². The zero-order valence-corrected chi connectivity index (χ0v) is 9.70. The van der Waals surface area contributed by atoms with E-state index in [0.29, 0.717) is 33.0 Å². The number of rotatable bonds is 11. The molecule has 92 valence electrons. The van der Waals surface area contributed by atoms with Gasteiger partial charge in [-0.1, -0.05) is 0 Å². The van der Waals surface area contributed by atoms with Crippen molar-refractivity contribution in [1.29, 1.82) is 0 Å². The number of likely N-dealkylation sites (N-methyl/N-ethyl adjacent to an activating group) is 1. The van der Waals surface area contributed by atoms with E-state index < -0.39 is 6.10 Å². The Kier molecular flexibility index (Phi) is 11.7. The SMILES string of the molecule is CNCC(O)COCCOCCCOC. The van der Waals surface area contributed by atoms with E-state index in [1.54, 1.807) is 14.2 Å². The smallest absolute Gasteiger partial charge is 0.0897 e. The van der Waals surface area contributed by atoms with E-state index in [1.807, 2.05) is 0 Å².